The summed E-state index contributed by atoms with van der Waals surface area (Å²) in [4.78, 5) is 39.1. The summed E-state index contributed by atoms with van der Waals surface area (Å²) >= 11 is 6.09. The average Bonchev–Trinajstić information content (AvgIpc) is 2.78. The van der Waals surface area contributed by atoms with Crippen molar-refractivity contribution in [2.75, 3.05) is 26.2 Å². The Morgan fingerprint density at radius 1 is 1.00 bits per heavy atom. The Hall–Kier alpha value is -1.88. The molecule has 2 amide bonds. The van der Waals surface area contributed by atoms with Gasteiger partial charge in [0.2, 0.25) is 5.91 Å². The number of carbonyl (C=O) groups is 3. The summed E-state index contributed by atoms with van der Waals surface area (Å²) in [7, 11) is 0. The number of rotatable bonds is 4. The molecule has 0 radical (unpaired) electrons. The zero-order chi connectivity index (χ0) is 16.8. The van der Waals surface area contributed by atoms with Crippen molar-refractivity contribution in [3.05, 3.63) is 34.9 Å². The second kappa shape index (κ2) is 8.11. The molecule has 0 unspecified atom stereocenters. The summed E-state index contributed by atoms with van der Waals surface area (Å²) < 4.78 is 0. The van der Waals surface area contributed by atoms with Crippen LogP contribution in [-0.4, -0.2) is 53.6 Å². The van der Waals surface area contributed by atoms with Crippen LogP contribution in [0.15, 0.2) is 24.3 Å². The van der Waals surface area contributed by atoms with E-state index in [4.69, 9.17) is 11.6 Å². The van der Waals surface area contributed by atoms with E-state index >= 15 is 0 Å². The summed E-state index contributed by atoms with van der Waals surface area (Å²) in [5.74, 6) is -0.107. The Morgan fingerprint density at radius 2 is 1.65 bits per heavy atom. The highest BCUT2D eigenvalue weighted by atomic mass is 35.5. The van der Waals surface area contributed by atoms with Crippen LogP contribution in [0.3, 0.4) is 0 Å². The number of hydrogen-bond acceptors (Lipinski definition) is 3. The Bertz CT molecular complexity index is 603. The first-order valence-corrected chi connectivity index (χ1v) is 8.18. The SMILES string of the molecule is CC(=O)CCC(=O)N1CCCN(C(=O)c2ccccc2Cl)CC1. The zero-order valence-electron chi connectivity index (χ0n) is 13.3. The van der Waals surface area contributed by atoms with E-state index in [2.05, 4.69) is 0 Å². The standard InChI is InChI=1S/C17H21ClN2O3/c1-13(21)7-8-16(22)19-9-4-10-20(12-11-19)17(23)14-5-2-3-6-15(14)18/h2-3,5-6H,4,7-12H2,1H3. The molecular formula is C17H21ClN2O3. The summed E-state index contributed by atoms with van der Waals surface area (Å²) in [6.07, 6.45) is 1.24. The van der Waals surface area contributed by atoms with Crippen LogP contribution in [0.4, 0.5) is 0 Å². The van der Waals surface area contributed by atoms with Crippen LogP contribution in [-0.2, 0) is 9.59 Å². The van der Waals surface area contributed by atoms with E-state index in [0.29, 0.717) is 36.8 Å². The number of carbonyl (C=O) groups excluding carboxylic acids is 3. The van der Waals surface area contributed by atoms with Crippen molar-refractivity contribution in [1.29, 1.82) is 0 Å². The molecule has 0 aromatic heterocycles. The predicted octanol–water partition coefficient (Wildman–Crippen LogP) is 2.38. The zero-order valence-corrected chi connectivity index (χ0v) is 14.0. The van der Waals surface area contributed by atoms with E-state index in [0.717, 1.165) is 6.42 Å². The number of Topliss-reactive ketones (excluding diaryl/α,β-unsaturated/α-hetero) is 1. The van der Waals surface area contributed by atoms with Gasteiger partial charge < -0.3 is 14.6 Å². The number of ketones is 1. The Morgan fingerprint density at radius 3 is 2.35 bits per heavy atom. The van der Waals surface area contributed by atoms with Crippen molar-refractivity contribution in [2.45, 2.75) is 26.2 Å². The van der Waals surface area contributed by atoms with Crippen LogP contribution in [0.2, 0.25) is 5.02 Å². The van der Waals surface area contributed by atoms with Crippen molar-refractivity contribution in [3.63, 3.8) is 0 Å². The maximum atomic E-state index is 12.6. The highest BCUT2D eigenvalue weighted by Gasteiger charge is 2.23. The third-order valence-electron chi connectivity index (χ3n) is 3.93. The van der Waals surface area contributed by atoms with E-state index in [1.54, 1.807) is 34.1 Å². The molecule has 0 aliphatic carbocycles. The van der Waals surface area contributed by atoms with Crippen LogP contribution in [0.1, 0.15) is 36.5 Å². The van der Waals surface area contributed by atoms with Crippen LogP contribution >= 0.6 is 11.6 Å². The molecule has 1 saturated heterocycles. The molecule has 0 bridgehead atoms. The molecule has 0 saturated carbocycles. The smallest absolute Gasteiger partial charge is 0.255 e. The number of benzene rings is 1. The summed E-state index contributed by atoms with van der Waals surface area (Å²) in [5, 5.41) is 0.441. The molecular weight excluding hydrogens is 316 g/mol. The highest BCUT2D eigenvalue weighted by Crippen LogP contribution is 2.18. The van der Waals surface area contributed by atoms with Gasteiger partial charge in [-0.1, -0.05) is 23.7 Å². The van der Waals surface area contributed by atoms with Gasteiger partial charge in [-0.2, -0.15) is 0 Å². The van der Waals surface area contributed by atoms with Crippen molar-refractivity contribution < 1.29 is 14.4 Å². The molecule has 1 heterocycles. The second-order valence-corrected chi connectivity index (χ2v) is 6.12. The fraction of sp³-hybridized carbons (Fsp3) is 0.471. The Kier molecular flexibility index (Phi) is 6.16. The molecule has 6 heteroatoms. The predicted molar refractivity (Wildman–Crippen MR) is 88.5 cm³/mol. The number of nitrogens with zero attached hydrogens (tertiary/aromatic N) is 2. The van der Waals surface area contributed by atoms with Gasteiger partial charge in [0.25, 0.3) is 5.91 Å². The molecule has 0 atom stereocenters. The molecule has 0 spiro atoms. The maximum Gasteiger partial charge on any atom is 0.255 e. The summed E-state index contributed by atoms with van der Waals surface area (Å²) in [6, 6.07) is 6.99. The molecule has 1 aliphatic rings. The van der Waals surface area contributed by atoms with Gasteiger partial charge in [0.05, 0.1) is 10.6 Å². The molecule has 124 valence electrons. The summed E-state index contributed by atoms with van der Waals surface area (Å²) in [5.41, 5.74) is 0.491. The van der Waals surface area contributed by atoms with Crippen LogP contribution in [0, 0.1) is 0 Å². The van der Waals surface area contributed by atoms with E-state index < -0.39 is 0 Å². The number of hydrogen-bond donors (Lipinski definition) is 0. The van der Waals surface area contributed by atoms with E-state index in [1.165, 1.54) is 6.92 Å². The molecule has 0 N–H and O–H groups in total. The van der Waals surface area contributed by atoms with Crippen molar-refractivity contribution in [3.8, 4) is 0 Å². The van der Waals surface area contributed by atoms with Crippen molar-refractivity contribution >= 4 is 29.2 Å². The molecule has 2 rings (SSSR count). The maximum absolute atomic E-state index is 12.6. The summed E-state index contributed by atoms with van der Waals surface area (Å²) in [6.45, 7) is 3.67. The Labute approximate surface area is 141 Å². The molecule has 1 fully saturated rings. The minimum absolute atomic E-state index is 0.0173. The van der Waals surface area contributed by atoms with Crippen molar-refractivity contribution in [1.82, 2.24) is 9.80 Å². The normalized spacial score (nSPS) is 15.2. The molecule has 1 aromatic carbocycles. The van der Waals surface area contributed by atoms with Gasteiger partial charge in [0.1, 0.15) is 5.78 Å². The first kappa shape index (κ1) is 17.5. The van der Waals surface area contributed by atoms with Gasteiger partial charge in [-0.15, -0.1) is 0 Å². The first-order chi connectivity index (χ1) is 11.0. The van der Waals surface area contributed by atoms with E-state index in [9.17, 15) is 14.4 Å². The topological polar surface area (TPSA) is 57.7 Å². The van der Waals surface area contributed by atoms with Gasteiger partial charge >= 0.3 is 0 Å². The van der Waals surface area contributed by atoms with E-state index in [1.807, 2.05) is 0 Å². The lowest BCUT2D eigenvalue weighted by Gasteiger charge is -2.22. The average molecular weight is 337 g/mol. The van der Waals surface area contributed by atoms with E-state index in [-0.39, 0.29) is 30.4 Å². The first-order valence-electron chi connectivity index (χ1n) is 7.80. The lowest BCUT2D eigenvalue weighted by Crippen LogP contribution is -2.37. The molecule has 5 nitrogen and oxygen atoms in total. The van der Waals surface area contributed by atoms with Gasteiger partial charge in [-0.05, 0) is 25.5 Å². The molecule has 1 aliphatic heterocycles. The van der Waals surface area contributed by atoms with Gasteiger partial charge in [0.15, 0.2) is 0 Å². The van der Waals surface area contributed by atoms with Crippen LogP contribution < -0.4 is 0 Å². The highest BCUT2D eigenvalue weighted by molar-refractivity contribution is 6.33. The minimum Gasteiger partial charge on any atom is -0.341 e. The van der Waals surface area contributed by atoms with Gasteiger partial charge in [-0.3, -0.25) is 9.59 Å². The second-order valence-electron chi connectivity index (χ2n) is 5.71. The molecule has 1 aromatic rings. The largest absolute Gasteiger partial charge is 0.341 e. The minimum atomic E-state index is -0.103. The fourth-order valence-corrected chi connectivity index (χ4v) is 2.83. The third kappa shape index (κ3) is 4.79. The van der Waals surface area contributed by atoms with Crippen LogP contribution in [0.25, 0.3) is 0 Å². The number of halogens is 1. The molecule has 23 heavy (non-hydrogen) atoms. The van der Waals surface area contributed by atoms with Crippen molar-refractivity contribution in [2.24, 2.45) is 0 Å². The van der Waals surface area contributed by atoms with Gasteiger partial charge in [0, 0.05) is 39.0 Å². The fourth-order valence-electron chi connectivity index (χ4n) is 2.62. The quantitative estimate of drug-likeness (QED) is 0.848. The lowest BCUT2D eigenvalue weighted by atomic mass is 10.2. The third-order valence-corrected chi connectivity index (χ3v) is 4.26. The lowest BCUT2D eigenvalue weighted by molar-refractivity contribution is -0.132. The van der Waals surface area contributed by atoms with Crippen LogP contribution in [0.5, 0.6) is 0 Å². The van der Waals surface area contributed by atoms with Gasteiger partial charge in [-0.25, -0.2) is 0 Å². The Balaban J connectivity index is 1.96. The number of amides is 2. The monoisotopic (exact) mass is 336 g/mol.